The largest absolute Gasteiger partial charge is 0.489 e. The number of ether oxygens (including phenoxy) is 1. The molecule has 0 atom stereocenters. The molecule has 3 rings (SSSR count). The fourth-order valence-electron chi connectivity index (χ4n) is 3.08. The standard InChI is InChI=1S/C24H29NO/c1-18(2)14-15-25-16-23-22-7-5-4-6-21(22)12-13-24(23)26-17-20-10-8-19(3)9-11-20/h4-13,18,25H,14-17H2,1-3H3. The van der Waals surface area contributed by atoms with Crippen LogP contribution in [-0.2, 0) is 13.2 Å². The number of hydrogen-bond donors (Lipinski definition) is 1. The van der Waals surface area contributed by atoms with Crippen LogP contribution in [0.4, 0.5) is 0 Å². The van der Waals surface area contributed by atoms with Crippen molar-refractivity contribution in [1.29, 1.82) is 0 Å². The summed E-state index contributed by atoms with van der Waals surface area (Å²) in [6, 6.07) is 21.3. The Morgan fingerprint density at radius 1 is 0.923 bits per heavy atom. The van der Waals surface area contributed by atoms with Crippen molar-refractivity contribution in [2.75, 3.05) is 6.54 Å². The molecular weight excluding hydrogens is 318 g/mol. The van der Waals surface area contributed by atoms with E-state index < -0.39 is 0 Å². The molecule has 0 spiro atoms. The van der Waals surface area contributed by atoms with Crippen molar-refractivity contribution >= 4 is 10.8 Å². The highest BCUT2D eigenvalue weighted by atomic mass is 16.5. The first-order chi connectivity index (χ1) is 12.6. The Morgan fingerprint density at radius 3 is 2.46 bits per heavy atom. The van der Waals surface area contributed by atoms with Gasteiger partial charge in [0.15, 0.2) is 0 Å². The third kappa shape index (κ3) is 4.86. The van der Waals surface area contributed by atoms with Crippen molar-refractivity contribution in [2.24, 2.45) is 5.92 Å². The zero-order valence-electron chi connectivity index (χ0n) is 16.1. The fourth-order valence-corrected chi connectivity index (χ4v) is 3.08. The van der Waals surface area contributed by atoms with Gasteiger partial charge in [-0.15, -0.1) is 0 Å². The van der Waals surface area contributed by atoms with E-state index in [0.717, 1.165) is 18.8 Å². The first-order valence-corrected chi connectivity index (χ1v) is 9.53. The van der Waals surface area contributed by atoms with Gasteiger partial charge >= 0.3 is 0 Å². The van der Waals surface area contributed by atoms with Gasteiger partial charge in [-0.25, -0.2) is 0 Å². The van der Waals surface area contributed by atoms with Crippen LogP contribution in [0.25, 0.3) is 10.8 Å². The highest BCUT2D eigenvalue weighted by Gasteiger charge is 2.09. The summed E-state index contributed by atoms with van der Waals surface area (Å²) < 4.78 is 6.21. The van der Waals surface area contributed by atoms with Gasteiger partial charge in [0.1, 0.15) is 12.4 Å². The van der Waals surface area contributed by atoms with Crippen molar-refractivity contribution in [3.63, 3.8) is 0 Å². The quantitative estimate of drug-likeness (QED) is 0.515. The fraction of sp³-hybridized carbons (Fsp3) is 0.333. The van der Waals surface area contributed by atoms with Crippen molar-refractivity contribution in [2.45, 2.75) is 40.3 Å². The predicted molar refractivity (Wildman–Crippen MR) is 111 cm³/mol. The van der Waals surface area contributed by atoms with E-state index in [1.54, 1.807) is 0 Å². The maximum absolute atomic E-state index is 6.21. The average molecular weight is 348 g/mol. The lowest BCUT2D eigenvalue weighted by Gasteiger charge is -2.16. The lowest BCUT2D eigenvalue weighted by molar-refractivity contribution is 0.302. The minimum absolute atomic E-state index is 0.595. The zero-order chi connectivity index (χ0) is 18.4. The molecule has 1 N–H and O–H groups in total. The molecule has 0 bridgehead atoms. The molecule has 3 aromatic rings. The second kappa shape index (κ2) is 8.86. The molecule has 0 radical (unpaired) electrons. The van der Waals surface area contributed by atoms with Crippen molar-refractivity contribution in [3.8, 4) is 5.75 Å². The van der Waals surface area contributed by atoms with Gasteiger partial charge in [-0.2, -0.15) is 0 Å². The maximum atomic E-state index is 6.21. The Hall–Kier alpha value is -2.32. The van der Waals surface area contributed by atoms with Crippen LogP contribution in [0.15, 0.2) is 60.7 Å². The van der Waals surface area contributed by atoms with Crippen LogP contribution in [-0.4, -0.2) is 6.54 Å². The predicted octanol–water partition coefficient (Wildman–Crippen LogP) is 5.86. The molecule has 0 saturated carbocycles. The molecule has 26 heavy (non-hydrogen) atoms. The summed E-state index contributed by atoms with van der Waals surface area (Å²) in [6.07, 6.45) is 1.18. The molecule has 2 nitrogen and oxygen atoms in total. The summed E-state index contributed by atoms with van der Waals surface area (Å²) in [5.41, 5.74) is 3.72. The summed E-state index contributed by atoms with van der Waals surface area (Å²) in [7, 11) is 0. The van der Waals surface area contributed by atoms with Gasteiger partial charge in [0.2, 0.25) is 0 Å². The van der Waals surface area contributed by atoms with Crippen molar-refractivity contribution < 1.29 is 4.74 Å². The Balaban J connectivity index is 1.78. The lowest BCUT2D eigenvalue weighted by atomic mass is 10.0. The maximum Gasteiger partial charge on any atom is 0.124 e. The third-order valence-electron chi connectivity index (χ3n) is 4.71. The first-order valence-electron chi connectivity index (χ1n) is 9.53. The molecule has 3 aromatic carbocycles. The normalized spacial score (nSPS) is 11.2. The minimum atomic E-state index is 0.595. The van der Waals surface area contributed by atoms with Gasteiger partial charge < -0.3 is 10.1 Å². The molecule has 0 fully saturated rings. The average Bonchev–Trinajstić information content (AvgIpc) is 2.65. The summed E-state index contributed by atoms with van der Waals surface area (Å²) in [4.78, 5) is 0. The summed E-state index contributed by atoms with van der Waals surface area (Å²) in [5, 5.41) is 6.12. The van der Waals surface area contributed by atoms with Crippen LogP contribution < -0.4 is 10.1 Å². The Labute approximate surface area is 157 Å². The molecule has 2 heteroatoms. The van der Waals surface area contributed by atoms with Crippen LogP contribution in [0.3, 0.4) is 0 Å². The lowest BCUT2D eigenvalue weighted by Crippen LogP contribution is -2.17. The van der Waals surface area contributed by atoms with Crippen LogP contribution >= 0.6 is 0 Å². The highest BCUT2D eigenvalue weighted by Crippen LogP contribution is 2.29. The molecule has 0 saturated heterocycles. The van der Waals surface area contributed by atoms with Crippen LogP contribution in [0.5, 0.6) is 5.75 Å². The SMILES string of the molecule is Cc1ccc(COc2ccc3ccccc3c2CNCCC(C)C)cc1. The molecule has 0 unspecified atom stereocenters. The number of aryl methyl sites for hydroxylation is 1. The highest BCUT2D eigenvalue weighted by molar-refractivity contribution is 5.87. The Bertz CT molecular complexity index is 836. The molecule has 136 valence electrons. The van der Waals surface area contributed by atoms with E-state index in [-0.39, 0.29) is 0 Å². The second-order valence-corrected chi connectivity index (χ2v) is 7.40. The molecule has 0 aliphatic rings. The molecule has 0 aliphatic carbocycles. The number of nitrogens with one attached hydrogen (secondary N) is 1. The van der Waals surface area contributed by atoms with E-state index in [2.05, 4.69) is 86.8 Å². The monoisotopic (exact) mass is 347 g/mol. The van der Waals surface area contributed by atoms with E-state index >= 15 is 0 Å². The third-order valence-corrected chi connectivity index (χ3v) is 4.71. The van der Waals surface area contributed by atoms with Gasteiger partial charge in [-0.05, 0) is 48.2 Å². The van der Waals surface area contributed by atoms with Crippen LogP contribution in [0, 0.1) is 12.8 Å². The number of hydrogen-bond acceptors (Lipinski definition) is 2. The van der Waals surface area contributed by atoms with Gasteiger partial charge in [-0.1, -0.05) is 74.0 Å². The summed E-state index contributed by atoms with van der Waals surface area (Å²) in [6.45, 7) is 9.08. The smallest absolute Gasteiger partial charge is 0.124 e. The molecule has 0 aromatic heterocycles. The number of benzene rings is 3. The van der Waals surface area contributed by atoms with E-state index in [4.69, 9.17) is 4.74 Å². The van der Waals surface area contributed by atoms with Gasteiger partial charge in [0.05, 0.1) is 0 Å². The van der Waals surface area contributed by atoms with E-state index in [0.29, 0.717) is 12.5 Å². The topological polar surface area (TPSA) is 21.3 Å². The van der Waals surface area contributed by atoms with Gasteiger partial charge in [0.25, 0.3) is 0 Å². The van der Waals surface area contributed by atoms with E-state index in [1.165, 1.54) is 33.9 Å². The Kier molecular flexibility index (Phi) is 6.30. The van der Waals surface area contributed by atoms with Crippen molar-refractivity contribution in [1.82, 2.24) is 5.32 Å². The molecule has 0 heterocycles. The van der Waals surface area contributed by atoms with Gasteiger partial charge in [-0.3, -0.25) is 0 Å². The van der Waals surface area contributed by atoms with Crippen molar-refractivity contribution in [3.05, 3.63) is 77.4 Å². The van der Waals surface area contributed by atoms with Crippen LogP contribution in [0.1, 0.15) is 37.0 Å². The number of rotatable bonds is 8. The first kappa shape index (κ1) is 18.5. The Morgan fingerprint density at radius 2 is 1.69 bits per heavy atom. The minimum Gasteiger partial charge on any atom is -0.489 e. The van der Waals surface area contributed by atoms with E-state index in [9.17, 15) is 0 Å². The number of fused-ring (bicyclic) bond motifs is 1. The van der Waals surface area contributed by atoms with E-state index in [1.807, 2.05) is 0 Å². The van der Waals surface area contributed by atoms with Gasteiger partial charge in [0, 0.05) is 12.1 Å². The van der Waals surface area contributed by atoms with Crippen LogP contribution in [0.2, 0.25) is 0 Å². The molecular formula is C24H29NO. The summed E-state index contributed by atoms with van der Waals surface area (Å²) in [5.74, 6) is 1.69. The second-order valence-electron chi connectivity index (χ2n) is 7.40. The zero-order valence-corrected chi connectivity index (χ0v) is 16.1. The molecule has 0 amide bonds. The summed E-state index contributed by atoms with van der Waals surface area (Å²) >= 11 is 0. The molecule has 0 aliphatic heterocycles.